The minimum absolute atomic E-state index is 0.0104. The summed E-state index contributed by atoms with van der Waals surface area (Å²) in [7, 11) is 1.55. The number of nitrogens with zero attached hydrogens (tertiary/aromatic N) is 1. The molecule has 3 nitrogen and oxygen atoms in total. The van der Waals surface area contributed by atoms with Crippen molar-refractivity contribution >= 4 is 12.0 Å². The maximum absolute atomic E-state index is 13.9. The second-order valence-corrected chi connectivity index (χ2v) is 4.37. The molecule has 0 saturated heterocycles. The van der Waals surface area contributed by atoms with E-state index in [4.69, 9.17) is 4.74 Å². The molecule has 0 spiro atoms. The second-order valence-electron chi connectivity index (χ2n) is 4.37. The highest BCUT2D eigenvalue weighted by molar-refractivity contribution is 5.76. The molecule has 1 aliphatic carbocycles. The summed E-state index contributed by atoms with van der Waals surface area (Å²) < 4.78 is 32.7. The smallest absolute Gasteiger partial charge is 0.150 e. The molecule has 5 heteroatoms. The molecule has 0 aliphatic heterocycles. The van der Waals surface area contributed by atoms with Gasteiger partial charge in [0.05, 0.1) is 6.61 Å². The van der Waals surface area contributed by atoms with E-state index in [9.17, 15) is 13.6 Å². The quantitative estimate of drug-likeness (QED) is 0.731. The molecule has 0 bridgehead atoms. The van der Waals surface area contributed by atoms with Gasteiger partial charge in [-0.1, -0.05) is 0 Å². The molecule has 2 rings (SSSR count). The second kappa shape index (κ2) is 5.44. The van der Waals surface area contributed by atoms with Crippen LogP contribution in [0.3, 0.4) is 0 Å². The SMILES string of the molecule is COCCN(c1c(F)cc(C=O)cc1F)C1CC1. The van der Waals surface area contributed by atoms with Crippen molar-refractivity contribution in [2.24, 2.45) is 0 Å². The number of hydrogen-bond donors (Lipinski definition) is 0. The van der Waals surface area contributed by atoms with Crippen LogP contribution >= 0.6 is 0 Å². The number of aldehydes is 1. The highest BCUT2D eigenvalue weighted by Gasteiger charge is 2.32. The molecule has 1 saturated carbocycles. The van der Waals surface area contributed by atoms with Crippen molar-refractivity contribution in [2.45, 2.75) is 18.9 Å². The molecular formula is C13H15F2NO2. The van der Waals surface area contributed by atoms with E-state index in [1.165, 1.54) is 0 Å². The molecule has 0 aromatic heterocycles. The predicted molar refractivity (Wildman–Crippen MR) is 64.0 cm³/mol. The van der Waals surface area contributed by atoms with Crippen LogP contribution in [0.2, 0.25) is 0 Å². The van der Waals surface area contributed by atoms with Gasteiger partial charge in [-0.25, -0.2) is 8.78 Å². The van der Waals surface area contributed by atoms with Crippen molar-refractivity contribution in [3.8, 4) is 0 Å². The van der Waals surface area contributed by atoms with Gasteiger partial charge < -0.3 is 9.64 Å². The molecule has 1 aromatic rings. The van der Waals surface area contributed by atoms with Gasteiger partial charge in [0.25, 0.3) is 0 Å². The molecule has 0 N–H and O–H groups in total. The van der Waals surface area contributed by atoms with Gasteiger partial charge in [-0.3, -0.25) is 4.79 Å². The highest BCUT2D eigenvalue weighted by Crippen LogP contribution is 2.34. The van der Waals surface area contributed by atoms with E-state index >= 15 is 0 Å². The van der Waals surface area contributed by atoms with Crippen LogP contribution in [0.1, 0.15) is 23.2 Å². The molecule has 0 heterocycles. The van der Waals surface area contributed by atoms with Crippen LogP contribution in [0.15, 0.2) is 12.1 Å². The van der Waals surface area contributed by atoms with E-state index in [1.54, 1.807) is 12.0 Å². The number of hydrogen-bond acceptors (Lipinski definition) is 3. The Hall–Kier alpha value is -1.49. The summed E-state index contributed by atoms with van der Waals surface area (Å²) in [4.78, 5) is 12.2. The van der Waals surface area contributed by atoms with Crippen LogP contribution in [0.4, 0.5) is 14.5 Å². The third-order valence-corrected chi connectivity index (χ3v) is 2.99. The first-order valence-corrected chi connectivity index (χ1v) is 5.87. The number of carbonyl (C=O) groups is 1. The van der Waals surface area contributed by atoms with E-state index in [0.29, 0.717) is 19.4 Å². The average molecular weight is 255 g/mol. The number of methoxy groups -OCH3 is 1. The summed E-state index contributed by atoms with van der Waals surface area (Å²) in [6, 6.07) is 2.30. The first-order chi connectivity index (χ1) is 8.67. The molecule has 0 unspecified atom stereocenters. The zero-order valence-electron chi connectivity index (χ0n) is 10.2. The van der Waals surface area contributed by atoms with Crippen molar-refractivity contribution < 1.29 is 18.3 Å². The largest absolute Gasteiger partial charge is 0.383 e. The summed E-state index contributed by atoms with van der Waals surface area (Å²) in [5, 5.41) is 0. The zero-order valence-corrected chi connectivity index (χ0v) is 10.2. The van der Waals surface area contributed by atoms with E-state index in [-0.39, 0.29) is 17.3 Å². The molecule has 98 valence electrons. The van der Waals surface area contributed by atoms with Crippen LogP contribution < -0.4 is 4.90 Å². The molecule has 1 fully saturated rings. The van der Waals surface area contributed by atoms with E-state index < -0.39 is 11.6 Å². The Balaban J connectivity index is 2.31. The van der Waals surface area contributed by atoms with E-state index in [2.05, 4.69) is 0 Å². The summed E-state index contributed by atoms with van der Waals surface area (Å²) in [6.07, 6.45) is 2.29. The summed E-state index contributed by atoms with van der Waals surface area (Å²) >= 11 is 0. The molecule has 1 aromatic carbocycles. The fraction of sp³-hybridized carbons (Fsp3) is 0.462. The maximum Gasteiger partial charge on any atom is 0.150 e. The lowest BCUT2D eigenvalue weighted by Gasteiger charge is -2.25. The zero-order chi connectivity index (χ0) is 13.1. The normalized spacial score (nSPS) is 14.6. The van der Waals surface area contributed by atoms with Gasteiger partial charge in [0.1, 0.15) is 23.6 Å². The number of benzene rings is 1. The van der Waals surface area contributed by atoms with Crippen molar-refractivity contribution in [3.63, 3.8) is 0 Å². The minimum atomic E-state index is -0.694. The Morgan fingerprint density at radius 3 is 2.44 bits per heavy atom. The van der Waals surface area contributed by atoms with Gasteiger partial charge in [-0.15, -0.1) is 0 Å². The Morgan fingerprint density at radius 2 is 2.00 bits per heavy atom. The fourth-order valence-corrected chi connectivity index (χ4v) is 1.98. The number of halogens is 2. The Kier molecular flexibility index (Phi) is 3.91. The van der Waals surface area contributed by atoms with Gasteiger partial charge in [-0.2, -0.15) is 0 Å². The van der Waals surface area contributed by atoms with Crippen molar-refractivity contribution in [3.05, 3.63) is 29.3 Å². The van der Waals surface area contributed by atoms with Crippen LogP contribution in [0.25, 0.3) is 0 Å². The number of carbonyl (C=O) groups excluding carboxylic acids is 1. The summed E-state index contributed by atoms with van der Waals surface area (Å²) in [5.74, 6) is -1.39. The topological polar surface area (TPSA) is 29.5 Å². The third-order valence-electron chi connectivity index (χ3n) is 2.99. The van der Waals surface area contributed by atoms with Crippen LogP contribution in [-0.2, 0) is 4.74 Å². The van der Waals surface area contributed by atoms with E-state index in [1.807, 2.05) is 0 Å². The summed E-state index contributed by atoms with van der Waals surface area (Å²) in [5.41, 5.74) is -0.0450. The molecule has 0 atom stereocenters. The summed E-state index contributed by atoms with van der Waals surface area (Å²) in [6.45, 7) is 0.847. The van der Waals surface area contributed by atoms with Gasteiger partial charge in [0, 0.05) is 25.3 Å². The van der Waals surface area contributed by atoms with Gasteiger partial charge in [0.2, 0.25) is 0 Å². The van der Waals surface area contributed by atoms with Crippen molar-refractivity contribution in [1.29, 1.82) is 0 Å². The first kappa shape index (κ1) is 13.0. The van der Waals surface area contributed by atoms with Gasteiger partial charge in [0.15, 0.2) is 0 Å². The van der Waals surface area contributed by atoms with Crippen LogP contribution in [-0.4, -0.2) is 32.6 Å². The van der Waals surface area contributed by atoms with E-state index in [0.717, 1.165) is 25.0 Å². The van der Waals surface area contributed by atoms with Gasteiger partial charge in [-0.05, 0) is 25.0 Å². The number of anilines is 1. The highest BCUT2D eigenvalue weighted by atomic mass is 19.1. The number of ether oxygens (including phenoxy) is 1. The molecule has 0 radical (unpaired) electrons. The maximum atomic E-state index is 13.9. The molecule has 18 heavy (non-hydrogen) atoms. The Morgan fingerprint density at radius 1 is 1.39 bits per heavy atom. The molecule has 1 aliphatic rings. The standard InChI is InChI=1S/C13H15F2NO2/c1-18-5-4-16(10-2-3-10)13-11(14)6-9(8-17)7-12(13)15/h6-8,10H,2-5H2,1H3. The van der Waals surface area contributed by atoms with Crippen molar-refractivity contribution in [2.75, 3.05) is 25.2 Å². The average Bonchev–Trinajstić information content (AvgIpc) is 3.16. The number of rotatable bonds is 6. The predicted octanol–water partition coefficient (Wildman–Crippen LogP) is 2.39. The minimum Gasteiger partial charge on any atom is -0.383 e. The Labute approximate surface area is 104 Å². The third kappa shape index (κ3) is 2.67. The Bertz CT molecular complexity index is 424. The molecular weight excluding hydrogens is 240 g/mol. The lowest BCUT2D eigenvalue weighted by Crippen LogP contribution is -2.31. The van der Waals surface area contributed by atoms with Crippen LogP contribution in [0, 0.1) is 11.6 Å². The first-order valence-electron chi connectivity index (χ1n) is 5.87. The van der Waals surface area contributed by atoms with Crippen LogP contribution in [0.5, 0.6) is 0 Å². The monoisotopic (exact) mass is 255 g/mol. The molecule has 0 amide bonds. The lowest BCUT2D eigenvalue weighted by molar-refractivity contribution is 0.112. The van der Waals surface area contributed by atoms with Crippen molar-refractivity contribution in [1.82, 2.24) is 0 Å². The van der Waals surface area contributed by atoms with Gasteiger partial charge >= 0.3 is 0 Å². The fourth-order valence-electron chi connectivity index (χ4n) is 1.98. The lowest BCUT2D eigenvalue weighted by atomic mass is 10.2.